The Kier molecular flexibility index (Phi) is 2.43. The first-order chi connectivity index (χ1) is 9.67. The predicted octanol–water partition coefficient (Wildman–Crippen LogP) is 2.49. The highest BCUT2D eigenvalue weighted by atomic mass is 16.6. The smallest absolute Gasteiger partial charge is 0.276 e. The molecule has 1 heterocycles. The Morgan fingerprint density at radius 1 is 1.25 bits per heavy atom. The van der Waals surface area contributed by atoms with Gasteiger partial charge in [-0.2, -0.15) is 0 Å². The molecule has 0 spiro atoms. The third kappa shape index (κ3) is 1.67. The Morgan fingerprint density at radius 2 is 1.90 bits per heavy atom. The molecule has 1 aromatic rings. The van der Waals surface area contributed by atoms with Crippen LogP contribution in [0.5, 0.6) is 0 Å². The van der Waals surface area contributed by atoms with E-state index in [-0.39, 0.29) is 10.6 Å². The molecule has 4 rings (SSSR count). The Bertz CT molecular complexity index is 560. The number of anilines is 2. The average molecular weight is 274 g/mol. The molecule has 0 saturated heterocycles. The molecule has 1 aromatic heterocycles. The molecule has 3 fully saturated rings. The van der Waals surface area contributed by atoms with E-state index in [1.165, 1.54) is 31.4 Å². The molecule has 6 nitrogen and oxygen atoms in total. The Hall–Kier alpha value is -1.85. The minimum absolute atomic E-state index is 0.0839. The molecule has 0 aromatic carbocycles. The van der Waals surface area contributed by atoms with E-state index in [1.54, 1.807) is 7.05 Å². The van der Waals surface area contributed by atoms with E-state index in [0.29, 0.717) is 17.7 Å². The molecule has 4 atom stereocenters. The lowest BCUT2D eigenvalue weighted by Gasteiger charge is -2.12. The lowest BCUT2D eigenvalue weighted by atomic mass is 10.0. The molecule has 106 valence electrons. The molecule has 0 radical (unpaired) electrons. The van der Waals surface area contributed by atoms with Gasteiger partial charge in [-0.05, 0) is 42.9 Å². The van der Waals surface area contributed by atoms with Crippen molar-refractivity contribution >= 4 is 17.3 Å². The summed E-state index contributed by atoms with van der Waals surface area (Å²) in [5, 5.41) is 17.3. The van der Waals surface area contributed by atoms with Gasteiger partial charge in [0.2, 0.25) is 0 Å². The van der Waals surface area contributed by atoms with E-state index in [0.717, 1.165) is 23.7 Å². The van der Waals surface area contributed by atoms with Gasteiger partial charge in [0.1, 0.15) is 11.6 Å². The van der Waals surface area contributed by atoms with Crippen LogP contribution in [0.2, 0.25) is 0 Å². The van der Waals surface area contributed by atoms with Gasteiger partial charge in [0.25, 0.3) is 5.69 Å². The van der Waals surface area contributed by atoms with Gasteiger partial charge in [0.05, 0.1) is 17.1 Å². The van der Waals surface area contributed by atoms with Crippen LogP contribution >= 0.6 is 0 Å². The molecular formula is C14H18N4O2. The average Bonchev–Trinajstić information content (AvgIpc) is 2.85. The molecule has 3 aliphatic rings. The highest BCUT2D eigenvalue weighted by molar-refractivity contribution is 5.55. The van der Waals surface area contributed by atoms with E-state index >= 15 is 0 Å². The molecule has 20 heavy (non-hydrogen) atoms. The number of hydrogen-bond acceptors (Lipinski definition) is 5. The molecule has 2 bridgehead atoms. The number of fused-ring (bicyclic) bond motifs is 5. The van der Waals surface area contributed by atoms with Crippen LogP contribution in [0.3, 0.4) is 0 Å². The third-order valence-corrected chi connectivity index (χ3v) is 5.33. The molecule has 3 saturated carbocycles. The highest BCUT2D eigenvalue weighted by Crippen LogP contribution is 2.66. The van der Waals surface area contributed by atoms with E-state index in [1.807, 2.05) is 0 Å². The lowest BCUT2D eigenvalue weighted by molar-refractivity contribution is -0.384. The number of nitrogens with zero attached hydrogens (tertiary/aromatic N) is 2. The Labute approximate surface area is 117 Å². The van der Waals surface area contributed by atoms with Crippen molar-refractivity contribution in [2.75, 3.05) is 17.7 Å². The van der Waals surface area contributed by atoms with Crippen LogP contribution in [-0.4, -0.2) is 23.0 Å². The van der Waals surface area contributed by atoms with Crippen LogP contribution in [0, 0.1) is 33.8 Å². The zero-order valence-corrected chi connectivity index (χ0v) is 11.4. The minimum Gasteiger partial charge on any atom is -0.373 e. The summed E-state index contributed by atoms with van der Waals surface area (Å²) in [6.45, 7) is 0. The van der Waals surface area contributed by atoms with Gasteiger partial charge in [-0.25, -0.2) is 4.98 Å². The Morgan fingerprint density at radius 3 is 2.50 bits per heavy atom. The highest BCUT2D eigenvalue weighted by Gasteiger charge is 2.65. The second kappa shape index (κ2) is 4.07. The molecule has 6 heteroatoms. The SMILES string of the molecule is CNc1cc([N+](=O)[O-])cc(NC2C3C4CCC(C4)C23)n1. The summed E-state index contributed by atoms with van der Waals surface area (Å²) in [6, 6.07) is 3.49. The predicted molar refractivity (Wildman–Crippen MR) is 75.7 cm³/mol. The van der Waals surface area contributed by atoms with Crippen LogP contribution < -0.4 is 10.6 Å². The van der Waals surface area contributed by atoms with Crippen molar-refractivity contribution in [1.82, 2.24) is 4.98 Å². The van der Waals surface area contributed by atoms with Gasteiger partial charge in [0, 0.05) is 13.1 Å². The molecule has 0 aliphatic heterocycles. The Balaban J connectivity index is 1.55. The zero-order valence-electron chi connectivity index (χ0n) is 11.4. The fraction of sp³-hybridized carbons (Fsp3) is 0.643. The van der Waals surface area contributed by atoms with Crippen molar-refractivity contribution in [3.05, 3.63) is 22.2 Å². The summed E-state index contributed by atoms with van der Waals surface area (Å²) in [6.07, 6.45) is 4.14. The number of nitro groups is 1. The van der Waals surface area contributed by atoms with Crippen LogP contribution in [0.1, 0.15) is 19.3 Å². The lowest BCUT2D eigenvalue weighted by Crippen LogP contribution is -2.14. The summed E-state index contributed by atoms with van der Waals surface area (Å²) < 4.78 is 0. The van der Waals surface area contributed by atoms with Gasteiger partial charge >= 0.3 is 0 Å². The third-order valence-electron chi connectivity index (χ3n) is 5.33. The molecular weight excluding hydrogens is 256 g/mol. The van der Waals surface area contributed by atoms with Gasteiger partial charge in [-0.1, -0.05) is 0 Å². The fourth-order valence-electron chi connectivity index (χ4n) is 4.51. The monoisotopic (exact) mass is 274 g/mol. The summed E-state index contributed by atoms with van der Waals surface area (Å²) in [4.78, 5) is 15.0. The summed E-state index contributed by atoms with van der Waals surface area (Å²) in [5.74, 6) is 4.49. The topological polar surface area (TPSA) is 80.1 Å². The maximum atomic E-state index is 11.0. The first-order valence-electron chi connectivity index (χ1n) is 7.28. The van der Waals surface area contributed by atoms with Crippen LogP contribution in [-0.2, 0) is 0 Å². The van der Waals surface area contributed by atoms with Crippen molar-refractivity contribution in [3.8, 4) is 0 Å². The van der Waals surface area contributed by atoms with E-state index in [4.69, 9.17) is 0 Å². The van der Waals surface area contributed by atoms with Crippen molar-refractivity contribution in [3.63, 3.8) is 0 Å². The van der Waals surface area contributed by atoms with E-state index in [2.05, 4.69) is 15.6 Å². The van der Waals surface area contributed by atoms with Gasteiger partial charge < -0.3 is 10.6 Å². The second-order valence-electron chi connectivity index (χ2n) is 6.26. The second-order valence-corrected chi connectivity index (χ2v) is 6.26. The van der Waals surface area contributed by atoms with Crippen molar-refractivity contribution in [2.45, 2.75) is 25.3 Å². The van der Waals surface area contributed by atoms with E-state index in [9.17, 15) is 10.1 Å². The van der Waals surface area contributed by atoms with Gasteiger partial charge in [0.15, 0.2) is 0 Å². The van der Waals surface area contributed by atoms with Gasteiger partial charge in [-0.3, -0.25) is 10.1 Å². The summed E-state index contributed by atoms with van der Waals surface area (Å²) in [5.41, 5.74) is 0.0839. The van der Waals surface area contributed by atoms with Crippen molar-refractivity contribution in [1.29, 1.82) is 0 Å². The van der Waals surface area contributed by atoms with Crippen LogP contribution in [0.25, 0.3) is 0 Å². The maximum Gasteiger partial charge on any atom is 0.276 e. The van der Waals surface area contributed by atoms with Crippen LogP contribution in [0.4, 0.5) is 17.3 Å². The molecule has 2 N–H and O–H groups in total. The summed E-state index contributed by atoms with van der Waals surface area (Å²) >= 11 is 0. The minimum atomic E-state index is -0.370. The number of rotatable bonds is 4. The number of nitrogens with one attached hydrogen (secondary N) is 2. The largest absolute Gasteiger partial charge is 0.373 e. The molecule has 0 amide bonds. The van der Waals surface area contributed by atoms with E-state index < -0.39 is 0 Å². The standard InChI is InChI=1S/C14H18N4O2/c1-15-10-5-9(18(19)20)6-11(16-10)17-14-12-7-2-3-8(4-7)13(12)14/h5-8,12-14H,2-4H2,1H3,(H2,15,16,17). The maximum absolute atomic E-state index is 11.0. The quantitative estimate of drug-likeness (QED) is 0.651. The zero-order chi connectivity index (χ0) is 13.9. The fourth-order valence-corrected chi connectivity index (χ4v) is 4.51. The summed E-state index contributed by atoms with van der Waals surface area (Å²) in [7, 11) is 1.72. The first-order valence-corrected chi connectivity index (χ1v) is 7.28. The van der Waals surface area contributed by atoms with Crippen molar-refractivity contribution in [2.24, 2.45) is 23.7 Å². The first kappa shape index (κ1) is 11.9. The number of pyridine rings is 1. The van der Waals surface area contributed by atoms with Crippen molar-refractivity contribution < 1.29 is 4.92 Å². The molecule has 4 unspecified atom stereocenters. The molecule has 3 aliphatic carbocycles. The van der Waals surface area contributed by atoms with Gasteiger partial charge in [-0.15, -0.1) is 0 Å². The van der Waals surface area contributed by atoms with Crippen LogP contribution in [0.15, 0.2) is 12.1 Å². The number of hydrogen-bond donors (Lipinski definition) is 2. The normalized spacial score (nSPS) is 36.5. The number of aromatic nitrogens is 1.